The number of nitrogens with zero attached hydrogens (tertiary/aromatic N) is 4. The molecule has 7 nitrogen and oxygen atoms in total. The summed E-state index contributed by atoms with van der Waals surface area (Å²) in [6.45, 7) is 0. The molecule has 0 aliphatic carbocycles. The molecule has 0 radical (unpaired) electrons. The molecule has 0 unspecified atom stereocenters. The fraction of sp³-hybridized carbons (Fsp3) is 0.0714. The van der Waals surface area contributed by atoms with Gasteiger partial charge in [-0.1, -0.05) is 22.9 Å². The standard InChI is InChI=1S/C14H9ClN4O3S2/c1-22-8-3-2-4-9(7-8)24(20,21)14-13-16-12(15)11-10(5-6-23-11)19(13)18-17-14/h2-7H,1H3. The quantitative estimate of drug-likeness (QED) is 0.508. The van der Waals surface area contributed by atoms with Crippen LogP contribution < -0.4 is 4.74 Å². The molecule has 0 saturated heterocycles. The molecule has 1 aromatic carbocycles. The number of ether oxygens (including phenoxy) is 1. The second kappa shape index (κ2) is 5.40. The summed E-state index contributed by atoms with van der Waals surface area (Å²) in [6.07, 6.45) is 0. The van der Waals surface area contributed by atoms with Gasteiger partial charge in [0.2, 0.25) is 14.9 Å². The Morgan fingerprint density at radius 2 is 2.12 bits per heavy atom. The molecule has 0 aliphatic heterocycles. The van der Waals surface area contributed by atoms with Gasteiger partial charge in [0.05, 0.1) is 22.2 Å². The van der Waals surface area contributed by atoms with E-state index in [2.05, 4.69) is 15.3 Å². The number of thiophene rings is 1. The SMILES string of the molecule is COc1cccc(S(=O)(=O)c2nnn3c2nc(Cl)c2sccc23)c1. The average molecular weight is 381 g/mol. The summed E-state index contributed by atoms with van der Waals surface area (Å²) in [7, 11) is -2.45. The van der Waals surface area contributed by atoms with Gasteiger partial charge in [0.15, 0.2) is 10.8 Å². The molecule has 0 atom stereocenters. The monoisotopic (exact) mass is 380 g/mol. The van der Waals surface area contributed by atoms with E-state index in [1.165, 1.54) is 35.1 Å². The normalized spacial score (nSPS) is 12.1. The van der Waals surface area contributed by atoms with Crippen molar-refractivity contribution in [2.24, 2.45) is 0 Å². The molecule has 0 saturated carbocycles. The number of sulfone groups is 1. The van der Waals surface area contributed by atoms with Crippen LogP contribution in [0.3, 0.4) is 0 Å². The van der Waals surface area contributed by atoms with Crippen molar-refractivity contribution >= 4 is 48.6 Å². The number of hydrogen-bond acceptors (Lipinski definition) is 7. The van der Waals surface area contributed by atoms with Crippen LogP contribution in [0, 0.1) is 0 Å². The predicted octanol–water partition coefficient (Wildman–Crippen LogP) is 2.83. The number of benzene rings is 1. The molecule has 4 aromatic rings. The molecular formula is C14H9ClN4O3S2. The first kappa shape index (κ1) is 15.3. The first-order valence-electron chi connectivity index (χ1n) is 6.69. The predicted molar refractivity (Wildman–Crippen MR) is 89.6 cm³/mol. The van der Waals surface area contributed by atoms with E-state index in [9.17, 15) is 8.42 Å². The van der Waals surface area contributed by atoms with E-state index in [0.717, 1.165) is 4.70 Å². The van der Waals surface area contributed by atoms with Crippen molar-refractivity contribution in [1.29, 1.82) is 0 Å². The largest absolute Gasteiger partial charge is 0.497 e. The van der Waals surface area contributed by atoms with Gasteiger partial charge in [-0.2, -0.15) is 4.52 Å². The molecule has 122 valence electrons. The molecular weight excluding hydrogens is 372 g/mol. The number of rotatable bonds is 3. The minimum atomic E-state index is -3.92. The van der Waals surface area contributed by atoms with Gasteiger partial charge in [-0.05, 0) is 29.6 Å². The number of fused-ring (bicyclic) bond motifs is 3. The molecule has 24 heavy (non-hydrogen) atoms. The van der Waals surface area contributed by atoms with Crippen molar-refractivity contribution < 1.29 is 13.2 Å². The highest BCUT2D eigenvalue weighted by atomic mass is 35.5. The summed E-state index contributed by atoms with van der Waals surface area (Å²) < 4.78 is 33.0. The fourth-order valence-electron chi connectivity index (χ4n) is 2.34. The summed E-state index contributed by atoms with van der Waals surface area (Å²) in [6, 6.07) is 7.93. The second-order valence-electron chi connectivity index (χ2n) is 4.85. The van der Waals surface area contributed by atoms with Crippen LogP contribution in [0.5, 0.6) is 5.75 Å². The smallest absolute Gasteiger partial charge is 0.229 e. The van der Waals surface area contributed by atoms with Gasteiger partial charge >= 0.3 is 0 Å². The molecule has 4 rings (SSSR count). The maximum Gasteiger partial charge on any atom is 0.229 e. The molecule has 0 spiro atoms. The van der Waals surface area contributed by atoms with Gasteiger partial charge in [0.1, 0.15) is 5.75 Å². The Kier molecular flexibility index (Phi) is 3.44. The van der Waals surface area contributed by atoms with Gasteiger partial charge in [-0.15, -0.1) is 16.4 Å². The molecule has 3 heterocycles. The molecule has 0 amide bonds. The summed E-state index contributed by atoms with van der Waals surface area (Å²) in [5, 5.41) is 9.58. The van der Waals surface area contributed by atoms with Gasteiger partial charge in [-0.3, -0.25) is 0 Å². The van der Waals surface area contributed by atoms with Crippen LogP contribution in [0.4, 0.5) is 0 Å². The third kappa shape index (κ3) is 2.16. The van der Waals surface area contributed by atoms with Crippen LogP contribution in [0.1, 0.15) is 0 Å². The zero-order chi connectivity index (χ0) is 16.9. The minimum absolute atomic E-state index is 0.0487. The zero-order valence-corrected chi connectivity index (χ0v) is 14.6. The Morgan fingerprint density at radius 3 is 2.92 bits per heavy atom. The van der Waals surface area contributed by atoms with Crippen LogP contribution in [0.2, 0.25) is 5.15 Å². The van der Waals surface area contributed by atoms with Gasteiger partial charge in [0, 0.05) is 0 Å². The Hall–Kier alpha value is -2.23. The van der Waals surface area contributed by atoms with Crippen molar-refractivity contribution in [1.82, 2.24) is 19.8 Å². The third-order valence-electron chi connectivity index (χ3n) is 3.49. The van der Waals surface area contributed by atoms with Crippen LogP contribution in [-0.4, -0.2) is 35.3 Å². The lowest BCUT2D eigenvalue weighted by Gasteiger charge is -2.04. The number of halogens is 1. The van der Waals surface area contributed by atoms with E-state index in [1.54, 1.807) is 18.2 Å². The van der Waals surface area contributed by atoms with Crippen molar-refractivity contribution in [2.45, 2.75) is 9.92 Å². The van der Waals surface area contributed by atoms with E-state index in [1.807, 2.05) is 5.38 Å². The lowest BCUT2D eigenvalue weighted by molar-refractivity contribution is 0.413. The van der Waals surface area contributed by atoms with Gasteiger partial charge < -0.3 is 4.74 Å². The van der Waals surface area contributed by atoms with Crippen LogP contribution in [0.25, 0.3) is 15.9 Å². The van der Waals surface area contributed by atoms with Crippen molar-refractivity contribution in [3.63, 3.8) is 0 Å². The Balaban J connectivity index is 2.00. The number of aromatic nitrogens is 4. The van der Waals surface area contributed by atoms with E-state index in [4.69, 9.17) is 16.3 Å². The van der Waals surface area contributed by atoms with E-state index < -0.39 is 9.84 Å². The maximum absolute atomic E-state index is 12.9. The number of methoxy groups -OCH3 is 1. The van der Waals surface area contributed by atoms with Crippen LogP contribution in [-0.2, 0) is 9.84 Å². The highest BCUT2D eigenvalue weighted by Gasteiger charge is 2.27. The Bertz CT molecular complexity index is 1180. The van der Waals surface area contributed by atoms with Crippen molar-refractivity contribution in [3.8, 4) is 5.75 Å². The summed E-state index contributed by atoms with van der Waals surface area (Å²) in [5.74, 6) is 0.429. The summed E-state index contributed by atoms with van der Waals surface area (Å²) >= 11 is 7.56. The molecule has 10 heteroatoms. The second-order valence-corrected chi connectivity index (χ2v) is 7.99. The summed E-state index contributed by atoms with van der Waals surface area (Å²) in [4.78, 5) is 4.22. The highest BCUT2D eigenvalue weighted by Crippen LogP contribution is 2.31. The van der Waals surface area contributed by atoms with E-state index >= 15 is 0 Å². The molecule has 3 aromatic heterocycles. The highest BCUT2D eigenvalue weighted by molar-refractivity contribution is 7.91. The van der Waals surface area contributed by atoms with Crippen molar-refractivity contribution in [3.05, 3.63) is 40.9 Å². The average Bonchev–Trinajstić information content (AvgIpc) is 3.21. The lowest BCUT2D eigenvalue weighted by atomic mass is 10.3. The Morgan fingerprint density at radius 1 is 1.29 bits per heavy atom. The number of hydrogen-bond donors (Lipinski definition) is 0. The van der Waals surface area contributed by atoms with E-state index in [-0.39, 0.29) is 20.7 Å². The zero-order valence-electron chi connectivity index (χ0n) is 12.2. The maximum atomic E-state index is 12.9. The van der Waals surface area contributed by atoms with Crippen molar-refractivity contribution in [2.75, 3.05) is 7.11 Å². The third-order valence-corrected chi connectivity index (χ3v) is 6.43. The Labute approximate surface area is 145 Å². The fourth-order valence-corrected chi connectivity index (χ4v) is 4.67. The summed E-state index contributed by atoms with van der Waals surface area (Å²) in [5.41, 5.74) is 0.753. The van der Waals surface area contributed by atoms with Crippen LogP contribution >= 0.6 is 22.9 Å². The molecule has 0 aliphatic rings. The van der Waals surface area contributed by atoms with E-state index in [0.29, 0.717) is 11.3 Å². The minimum Gasteiger partial charge on any atom is -0.497 e. The van der Waals surface area contributed by atoms with Gasteiger partial charge in [0.25, 0.3) is 0 Å². The van der Waals surface area contributed by atoms with Crippen LogP contribution in [0.15, 0.2) is 45.6 Å². The van der Waals surface area contributed by atoms with Gasteiger partial charge in [-0.25, -0.2) is 13.4 Å². The first-order chi connectivity index (χ1) is 11.5. The molecule has 0 bridgehead atoms. The molecule has 0 N–H and O–H groups in total. The first-order valence-corrected chi connectivity index (χ1v) is 9.43. The topological polar surface area (TPSA) is 86.5 Å². The lowest BCUT2D eigenvalue weighted by Crippen LogP contribution is -2.04. The molecule has 0 fully saturated rings.